The van der Waals surface area contributed by atoms with Crippen LogP contribution in [0.4, 0.5) is 0 Å². The van der Waals surface area contributed by atoms with Crippen molar-refractivity contribution in [3.63, 3.8) is 0 Å². The van der Waals surface area contributed by atoms with E-state index in [9.17, 15) is 14.4 Å². The molecule has 6 rings (SSSR count). The highest BCUT2D eigenvalue weighted by atomic mass is 16.5. The average Bonchev–Trinajstić information content (AvgIpc) is 3.18. The predicted molar refractivity (Wildman–Crippen MR) is 127 cm³/mol. The Kier molecular flexibility index (Phi) is 4.74. The Labute approximate surface area is 198 Å². The molecule has 2 aromatic heterocycles. The summed E-state index contributed by atoms with van der Waals surface area (Å²) in [5.74, 6) is -0.0818. The van der Waals surface area contributed by atoms with Crippen LogP contribution in [0, 0.1) is 0 Å². The molecule has 1 N–H and O–H groups in total. The second-order valence-corrected chi connectivity index (χ2v) is 8.32. The SMILES string of the molecule is COc1ccc2cc(C3CC(=O)Oc4ccc5c(c43)O/C(=C/c3cccnc3)C5=O)c(=O)[nH]c2c1. The summed E-state index contributed by atoms with van der Waals surface area (Å²) in [4.78, 5) is 45.6. The number of H-pyrrole nitrogens is 1. The lowest BCUT2D eigenvalue weighted by Gasteiger charge is -2.26. The van der Waals surface area contributed by atoms with Crippen LogP contribution in [0.15, 0.2) is 71.5 Å². The lowest BCUT2D eigenvalue weighted by atomic mass is 9.85. The number of allylic oxidation sites excluding steroid dienone is 1. The third kappa shape index (κ3) is 3.47. The van der Waals surface area contributed by atoms with Gasteiger partial charge in [0.2, 0.25) is 5.78 Å². The van der Waals surface area contributed by atoms with E-state index < -0.39 is 11.9 Å². The Bertz CT molecular complexity index is 1620. The zero-order valence-corrected chi connectivity index (χ0v) is 18.5. The Balaban J connectivity index is 1.50. The first-order valence-corrected chi connectivity index (χ1v) is 10.9. The summed E-state index contributed by atoms with van der Waals surface area (Å²) < 4.78 is 16.7. The van der Waals surface area contributed by atoms with Gasteiger partial charge >= 0.3 is 5.97 Å². The maximum atomic E-state index is 13.1. The number of carbonyl (C=O) groups is 2. The number of benzene rings is 2. The average molecular weight is 466 g/mol. The number of fused-ring (bicyclic) bond motifs is 4. The topological polar surface area (TPSA) is 108 Å². The van der Waals surface area contributed by atoms with Crippen LogP contribution in [0.25, 0.3) is 17.0 Å². The van der Waals surface area contributed by atoms with Gasteiger partial charge in [0.05, 0.1) is 24.6 Å². The number of pyridine rings is 2. The Hall–Kier alpha value is -4.72. The van der Waals surface area contributed by atoms with E-state index in [1.165, 1.54) is 0 Å². The lowest BCUT2D eigenvalue weighted by Crippen LogP contribution is -2.26. The molecule has 0 radical (unpaired) electrons. The number of hydrogen-bond donors (Lipinski definition) is 1. The first-order chi connectivity index (χ1) is 17.0. The molecule has 8 heteroatoms. The number of methoxy groups -OCH3 is 1. The highest BCUT2D eigenvalue weighted by molar-refractivity contribution is 6.15. The number of aromatic amines is 1. The van der Waals surface area contributed by atoms with Crippen LogP contribution in [0.2, 0.25) is 0 Å². The summed E-state index contributed by atoms with van der Waals surface area (Å²) in [5.41, 5.74) is 2.22. The minimum atomic E-state index is -0.651. The molecule has 0 fully saturated rings. The number of ether oxygens (including phenoxy) is 3. The molecule has 1 unspecified atom stereocenters. The quantitative estimate of drug-likeness (QED) is 0.276. The van der Waals surface area contributed by atoms with Gasteiger partial charge in [0.25, 0.3) is 5.56 Å². The van der Waals surface area contributed by atoms with Crippen LogP contribution < -0.4 is 19.8 Å². The summed E-state index contributed by atoms with van der Waals surface area (Å²) in [6.45, 7) is 0. The van der Waals surface area contributed by atoms with Crippen LogP contribution in [-0.2, 0) is 4.79 Å². The highest BCUT2D eigenvalue weighted by Gasteiger charge is 2.39. The van der Waals surface area contributed by atoms with Crippen molar-refractivity contribution >= 4 is 28.7 Å². The van der Waals surface area contributed by atoms with E-state index in [1.807, 2.05) is 12.1 Å². The maximum absolute atomic E-state index is 13.1. The second-order valence-electron chi connectivity index (χ2n) is 8.32. The summed E-state index contributed by atoms with van der Waals surface area (Å²) in [5, 5.41) is 0.780. The van der Waals surface area contributed by atoms with Crippen molar-refractivity contribution in [2.45, 2.75) is 12.3 Å². The number of carbonyl (C=O) groups excluding carboxylic acids is 2. The number of rotatable bonds is 3. The molecule has 35 heavy (non-hydrogen) atoms. The summed E-state index contributed by atoms with van der Waals surface area (Å²) in [6.07, 6.45) is 4.81. The van der Waals surface area contributed by atoms with Gasteiger partial charge < -0.3 is 19.2 Å². The maximum Gasteiger partial charge on any atom is 0.312 e. The van der Waals surface area contributed by atoms with Crippen molar-refractivity contribution in [3.05, 3.63) is 99.3 Å². The summed E-state index contributed by atoms with van der Waals surface area (Å²) in [7, 11) is 1.55. The molecule has 1 atom stereocenters. The fourth-order valence-electron chi connectivity index (χ4n) is 4.57. The largest absolute Gasteiger partial charge is 0.497 e. The smallest absolute Gasteiger partial charge is 0.312 e. The summed E-state index contributed by atoms with van der Waals surface area (Å²) in [6, 6.07) is 13.8. The Morgan fingerprint density at radius 3 is 2.77 bits per heavy atom. The molecule has 0 saturated heterocycles. The first kappa shape index (κ1) is 20.9. The van der Waals surface area contributed by atoms with Gasteiger partial charge in [0.15, 0.2) is 5.76 Å². The lowest BCUT2D eigenvalue weighted by molar-refractivity contribution is -0.135. The van der Waals surface area contributed by atoms with E-state index in [0.29, 0.717) is 39.3 Å². The van der Waals surface area contributed by atoms with Gasteiger partial charge in [0.1, 0.15) is 17.2 Å². The van der Waals surface area contributed by atoms with Gasteiger partial charge in [-0.15, -0.1) is 0 Å². The van der Waals surface area contributed by atoms with Crippen molar-refractivity contribution in [1.29, 1.82) is 0 Å². The zero-order valence-electron chi connectivity index (χ0n) is 18.5. The predicted octanol–water partition coefficient (Wildman–Crippen LogP) is 3.99. The minimum absolute atomic E-state index is 0.0621. The fourth-order valence-corrected chi connectivity index (χ4v) is 4.57. The van der Waals surface area contributed by atoms with Gasteiger partial charge in [-0.2, -0.15) is 0 Å². The minimum Gasteiger partial charge on any atom is -0.497 e. The van der Waals surface area contributed by atoms with Crippen LogP contribution >= 0.6 is 0 Å². The fraction of sp³-hybridized carbons (Fsp3) is 0.111. The Morgan fingerprint density at radius 2 is 1.97 bits per heavy atom. The van der Waals surface area contributed by atoms with Gasteiger partial charge in [-0.05, 0) is 53.4 Å². The number of nitrogens with zero attached hydrogens (tertiary/aromatic N) is 1. The van der Waals surface area contributed by atoms with E-state index in [0.717, 1.165) is 5.39 Å². The molecule has 4 aromatic rings. The van der Waals surface area contributed by atoms with Crippen molar-refractivity contribution in [3.8, 4) is 17.2 Å². The summed E-state index contributed by atoms with van der Waals surface area (Å²) >= 11 is 0. The molecule has 0 saturated carbocycles. The molecule has 0 bridgehead atoms. The number of ketones is 1. The molecule has 0 amide bonds. The van der Waals surface area contributed by atoms with E-state index in [1.54, 1.807) is 62.0 Å². The first-order valence-electron chi connectivity index (χ1n) is 10.9. The zero-order chi connectivity index (χ0) is 24.1. The highest BCUT2D eigenvalue weighted by Crippen LogP contribution is 2.48. The molecule has 8 nitrogen and oxygen atoms in total. The van der Waals surface area contributed by atoms with Crippen molar-refractivity contribution in [2.24, 2.45) is 0 Å². The molecule has 2 aromatic carbocycles. The van der Waals surface area contributed by atoms with Crippen molar-refractivity contribution < 1.29 is 23.8 Å². The Morgan fingerprint density at radius 1 is 1.09 bits per heavy atom. The van der Waals surface area contributed by atoms with Gasteiger partial charge in [-0.1, -0.05) is 6.07 Å². The second kappa shape index (κ2) is 7.95. The number of nitrogens with one attached hydrogen (secondary N) is 1. The molecular weight excluding hydrogens is 448 g/mol. The van der Waals surface area contributed by atoms with Crippen molar-refractivity contribution in [1.82, 2.24) is 9.97 Å². The third-order valence-electron chi connectivity index (χ3n) is 6.22. The standard InChI is InChI=1S/C27H18N2O6/c1-33-16-5-4-15-10-19(27(32)29-20(15)11-16)18-12-23(30)34-21-7-6-17-25(31)22(35-26(17)24(18)21)9-14-3-2-8-28-13-14/h2-11,13,18H,12H2,1H3,(H,29,32)/b22-9+. The number of aromatic nitrogens is 2. The number of esters is 1. The molecular formula is C27H18N2O6. The van der Waals surface area contributed by atoms with Crippen LogP contribution in [0.1, 0.15) is 39.4 Å². The number of hydrogen-bond acceptors (Lipinski definition) is 7. The number of Topliss-reactive ketones (excluding diaryl/α,β-unsaturated/α-hetero) is 1. The third-order valence-corrected chi connectivity index (χ3v) is 6.22. The van der Waals surface area contributed by atoms with Crippen molar-refractivity contribution in [2.75, 3.05) is 7.11 Å². The monoisotopic (exact) mass is 466 g/mol. The van der Waals surface area contributed by atoms with E-state index in [-0.39, 0.29) is 29.3 Å². The van der Waals surface area contributed by atoms with Crippen LogP contribution in [-0.4, -0.2) is 28.8 Å². The molecule has 2 aliphatic rings. The molecule has 0 spiro atoms. The van der Waals surface area contributed by atoms with Crippen LogP contribution in [0.5, 0.6) is 17.2 Å². The molecule has 0 aliphatic carbocycles. The van der Waals surface area contributed by atoms with Gasteiger partial charge in [-0.3, -0.25) is 19.4 Å². The van der Waals surface area contributed by atoms with Crippen LogP contribution in [0.3, 0.4) is 0 Å². The van der Waals surface area contributed by atoms with E-state index >= 15 is 0 Å². The van der Waals surface area contributed by atoms with E-state index in [4.69, 9.17) is 14.2 Å². The molecule has 4 heterocycles. The van der Waals surface area contributed by atoms with E-state index in [2.05, 4.69) is 9.97 Å². The normalized spacial score (nSPS) is 17.6. The van der Waals surface area contributed by atoms with Gasteiger partial charge in [-0.25, -0.2) is 0 Å². The molecule has 2 aliphatic heterocycles. The molecule has 172 valence electrons. The van der Waals surface area contributed by atoms with Gasteiger partial charge in [0, 0.05) is 35.5 Å².